The number of rotatable bonds is 11. The van der Waals surface area contributed by atoms with Gasteiger partial charge in [-0.3, -0.25) is 9.11 Å². The van der Waals surface area contributed by atoms with Crippen LogP contribution in [0, 0.1) is 0 Å². The predicted molar refractivity (Wildman–Crippen MR) is 118 cm³/mol. The van der Waals surface area contributed by atoms with E-state index < -0.39 is 53.4 Å². The lowest BCUT2D eigenvalue weighted by Gasteiger charge is -2.17. The number of benzene rings is 1. The number of nitrogens with zero attached hydrogens (tertiary/aromatic N) is 4. The summed E-state index contributed by atoms with van der Waals surface area (Å²) in [6.07, 6.45) is 0. The van der Waals surface area contributed by atoms with Crippen molar-refractivity contribution in [2.75, 3.05) is 47.7 Å². The zero-order valence-corrected chi connectivity index (χ0v) is 20.0. The van der Waals surface area contributed by atoms with Crippen LogP contribution >= 0.6 is 11.6 Å². The van der Waals surface area contributed by atoms with Gasteiger partial charge < -0.3 is 16.0 Å². The minimum atomic E-state index is -4.74. The summed E-state index contributed by atoms with van der Waals surface area (Å²) in [6, 6.07) is 3.58. The predicted octanol–water partition coefficient (Wildman–Crippen LogP) is -0.232. The summed E-state index contributed by atoms with van der Waals surface area (Å²) >= 11 is 5.90. The molecule has 15 nitrogen and oxygen atoms in total. The van der Waals surface area contributed by atoms with Gasteiger partial charge in [0.1, 0.15) is 4.90 Å². The van der Waals surface area contributed by atoms with E-state index in [-0.39, 0.29) is 35.1 Å². The highest BCUT2D eigenvalue weighted by Gasteiger charge is 2.18. The molecule has 5 N–H and O–H groups in total. The van der Waals surface area contributed by atoms with Crippen molar-refractivity contribution in [2.24, 2.45) is 0 Å². The van der Waals surface area contributed by atoms with E-state index in [1.807, 2.05) is 0 Å². The molecule has 0 amide bonds. The largest absolute Gasteiger partial charge is 0.398 e. The first-order valence-corrected chi connectivity index (χ1v) is 13.7. The van der Waals surface area contributed by atoms with E-state index in [2.05, 4.69) is 24.5 Å². The second-order valence-electron chi connectivity index (χ2n) is 6.40. The fraction of sp³-hybridized carbons (Fsp3) is 0.357. The Morgan fingerprint density at radius 1 is 1.09 bits per heavy atom. The van der Waals surface area contributed by atoms with Crippen LogP contribution in [0.25, 0.3) is 0 Å². The molecule has 0 spiro atoms. The van der Waals surface area contributed by atoms with E-state index in [0.717, 1.165) is 6.07 Å². The summed E-state index contributed by atoms with van der Waals surface area (Å²) in [7, 11) is -11.5. The monoisotopic (exact) mass is 546 g/mol. The van der Waals surface area contributed by atoms with E-state index in [0.29, 0.717) is 0 Å². The molecule has 2 aromatic rings. The van der Waals surface area contributed by atoms with Crippen LogP contribution in [0.3, 0.4) is 0 Å². The van der Waals surface area contributed by atoms with Crippen molar-refractivity contribution in [3.63, 3.8) is 0 Å². The zero-order valence-electron chi connectivity index (χ0n) is 16.8. The molecule has 1 aromatic heterocycles. The number of halogens is 1. The molecule has 0 saturated carbocycles. The Balaban J connectivity index is 2.09. The molecule has 0 unspecified atom stereocenters. The summed E-state index contributed by atoms with van der Waals surface area (Å²) in [5.74, 6) is -1.14. The van der Waals surface area contributed by atoms with E-state index in [1.165, 1.54) is 24.1 Å². The zero-order chi connectivity index (χ0) is 25.0. The third-order valence-electron chi connectivity index (χ3n) is 3.85. The van der Waals surface area contributed by atoms with Gasteiger partial charge in [0.2, 0.25) is 17.2 Å². The standard InChI is InChI=1S/C14H19ClN6O9S3/c1-21(4-6-31(22,23)7-5-30-33(27,28)29)14-19-12(15)18-13(20-14)17-9-2-3-11(10(16)8-9)32(24,25)26/h2-3,8H,4-7,16H2,1H3,(H,24,25,26)(H,27,28,29)(H,17,18,19,20). The smallest absolute Gasteiger partial charge is 0.397 e. The summed E-state index contributed by atoms with van der Waals surface area (Å²) in [5.41, 5.74) is 5.66. The molecule has 1 aromatic carbocycles. The molecule has 0 aliphatic heterocycles. The molecule has 0 bridgehead atoms. The number of hydrogen-bond donors (Lipinski definition) is 4. The molecular formula is C14H19ClN6O9S3. The van der Waals surface area contributed by atoms with Crippen molar-refractivity contribution in [3.8, 4) is 0 Å². The Hall–Kier alpha value is -2.35. The van der Waals surface area contributed by atoms with Gasteiger partial charge in [0.15, 0.2) is 9.84 Å². The number of nitrogens with two attached hydrogens (primary N) is 1. The molecule has 0 fully saturated rings. The van der Waals surface area contributed by atoms with Gasteiger partial charge in [0.25, 0.3) is 10.1 Å². The van der Waals surface area contributed by atoms with Crippen molar-refractivity contribution in [1.82, 2.24) is 15.0 Å². The highest BCUT2D eigenvalue weighted by atomic mass is 35.5. The molecule has 0 aliphatic carbocycles. The Kier molecular flexibility index (Phi) is 8.38. The lowest BCUT2D eigenvalue weighted by Crippen LogP contribution is -2.29. The maximum Gasteiger partial charge on any atom is 0.397 e. The normalized spacial score (nSPS) is 12.5. The maximum atomic E-state index is 12.0. The van der Waals surface area contributed by atoms with Crippen LogP contribution in [-0.2, 0) is 34.5 Å². The van der Waals surface area contributed by atoms with Gasteiger partial charge in [0, 0.05) is 19.3 Å². The quantitative estimate of drug-likeness (QED) is 0.210. The molecular weight excluding hydrogens is 528 g/mol. The number of sulfone groups is 1. The van der Waals surface area contributed by atoms with E-state index in [4.69, 9.17) is 26.4 Å². The van der Waals surface area contributed by atoms with Crippen molar-refractivity contribution < 1.29 is 38.5 Å². The number of nitrogen functional groups attached to an aromatic ring is 1. The average Bonchev–Trinajstić information content (AvgIpc) is 2.63. The van der Waals surface area contributed by atoms with Crippen LogP contribution in [0.15, 0.2) is 23.1 Å². The van der Waals surface area contributed by atoms with Gasteiger partial charge in [-0.25, -0.2) is 12.6 Å². The molecule has 0 atom stereocenters. The Morgan fingerprint density at radius 3 is 2.33 bits per heavy atom. The average molecular weight is 547 g/mol. The molecule has 2 rings (SSSR count). The van der Waals surface area contributed by atoms with Crippen LogP contribution in [0.4, 0.5) is 23.3 Å². The van der Waals surface area contributed by atoms with Gasteiger partial charge >= 0.3 is 10.4 Å². The van der Waals surface area contributed by atoms with Crippen molar-refractivity contribution in [2.45, 2.75) is 4.90 Å². The Bertz CT molecular complexity index is 1340. The molecule has 19 heteroatoms. The summed E-state index contributed by atoms with van der Waals surface area (Å²) in [5, 5.41) is 2.49. The van der Waals surface area contributed by atoms with E-state index >= 15 is 0 Å². The fourth-order valence-electron chi connectivity index (χ4n) is 2.30. The molecule has 0 saturated heterocycles. The third kappa shape index (κ3) is 8.84. The number of anilines is 4. The van der Waals surface area contributed by atoms with E-state index in [9.17, 15) is 25.3 Å². The number of hydrogen-bond acceptors (Lipinski definition) is 13. The lowest BCUT2D eigenvalue weighted by molar-refractivity contribution is 0.284. The first-order valence-electron chi connectivity index (χ1n) is 8.65. The highest BCUT2D eigenvalue weighted by Crippen LogP contribution is 2.24. The minimum absolute atomic E-state index is 0.00980. The van der Waals surface area contributed by atoms with Crippen LogP contribution in [0.5, 0.6) is 0 Å². The summed E-state index contributed by atoms with van der Waals surface area (Å²) < 4.78 is 89.0. The minimum Gasteiger partial charge on any atom is -0.398 e. The Morgan fingerprint density at radius 2 is 1.76 bits per heavy atom. The first kappa shape index (κ1) is 26.9. The molecule has 1 heterocycles. The van der Waals surface area contributed by atoms with Crippen LogP contribution in [0.1, 0.15) is 0 Å². The van der Waals surface area contributed by atoms with Crippen LogP contribution < -0.4 is 16.0 Å². The molecule has 0 radical (unpaired) electrons. The van der Waals surface area contributed by atoms with Crippen LogP contribution in [0.2, 0.25) is 5.28 Å². The number of nitrogens with one attached hydrogen (secondary N) is 1. The number of aromatic nitrogens is 3. The molecule has 184 valence electrons. The van der Waals surface area contributed by atoms with Crippen molar-refractivity contribution >= 4 is 65.2 Å². The van der Waals surface area contributed by atoms with Gasteiger partial charge in [-0.05, 0) is 29.8 Å². The van der Waals surface area contributed by atoms with Gasteiger partial charge in [-0.2, -0.15) is 31.8 Å². The highest BCUT2D eigenvalue weighted by molar-refractivity contribution is 7.91. The molecule has 33 heavy (non-hydrogen) atoms. The summed E-state index contributed by atoms with van der Waals surface area (Å²) in [6.45, 7) is -0.847. The lowest BCUT2D eigenvalue weighted by atomic mass is 10.3. The SMILES string of the molecule is CN(CCS(=O)(=O)CCOS(=O)(=O)O)c1nc(Cl)nc(Nc2ccc(S(=O)(=O)O)c(N)c2)n1. The van der Waals surface area contributed by atoms with Crippen molar-refractivity contribution in [3.05, 3.63) is 23.5 Å². The maximum absolute atomic E-state index is 12.0. The van der Waals surface area contributed by atoms with Crippen LogP contribution in [-0.4, -0.2) is 81.0 Å². The van der Waals surface area contributed by atoms with Gasteiger partial charge in [-0.15, -0.1) is 0 Å². The first-order chi connectivity index (χ1) is 15.1. The topological polar surface area (TPSA) is 232 Å². The second kappa shape index (κ2) is 10.3. The van der Waals surface area contributed by atoms with Gasteiger partial charge in [-0.1, -0.05) is 0 Å². The van der Waals surface area contributed by atoms with E-state index in [1.54, 1.807) is 0 Å². The summed E-state index contributed by atoms with van der Waals surface area (Å²) in [4.78, 5) is 12.7. The van der Waals surface area contributed by atoms with Gasteiger partial charge in [0.05, 0.1) is 23.8 Å². The van der Waals surface area contributed by atoms with Crippen molar-refractivity contribution in [1.29, 1.82) is 0 Å². The fourth-order valence-corrected chi connectivity index (χ4v) is 4.55. The Labute approximate surface area is 194 Å². The molecule has 0 aliphatic rings. The third-order valence-corrected chi connectivity index (χ3v) is 7.00. The second-order valence-corrected chi connectivity index (χ2v) is 11.5.